The quantitative estimate of drug-likeness (QED) is 0.920. The predicted molar refractivity (Wildman–Crippen MR) is 78.7 cm³/mol. The Bertz CT molecular complexity index is 471. The molecule has 3 rings (SSSR count). The minimum atomic E-state index is 0.0833. The topological polar surface area (TPSA) is 58.4 Å². The Morgan fingerprint density at radius 2 is 2.55 bits per heavy atom. The highest BCUT2D eigenvalue weighted by Crippen LogP contribution is 2.33. The number of hydrogen-bond acceptors (Lipinski definition) is 5. The van der Waals surface area contributed by atoms with Crippen molar-refractivity contribution in [2.45, 2.75) is 38.3 Å². The molecule has 2 fully saturated rings. The summed E-state index contributed by atoms with van der Waals surface area (Å²) in [5.41, 5.74) is 0.879. The first kappa shape index (κ1) is 13.9. The molecule has 1 aromatic heterocycles. The van der Waals surface area contributed by atoms with Crippen LogP contribution >= 0.6 is 11.8 Å². The monoisotopic (exact) mass is 295 g/mol. The lowest BCUT2D eigenvalue weighted by molar-refractivity contribution is -0.132. The van der Waals surface area contributed by atoms with Gasteiger partial charge < -0.3 is 14.7 Å². The highest BCUT2D eigenvalue weighted by molar-refractivity contribution is 7.99. The first-order valence-corrected chi connectivity index (χ1v) is 8.43. The van der Waals surface area contributed by atoms with E-state index in [1.807, 2.05) is 29.7 Å². The minimum Gasteiger partial charge on any atom is -0.359 e. The molecule has 0 spiro atoms. The molecule has 2 aliphatic heterocycles. The first-order valence-electron chi connectivity index (χ1n) is 7.28. The summed E-state index contributed by atoms with van der Waals surface area (Å²) in [6.07, 6.45) is 2.62. The van der Waals surface area contributed by atoms with Gasteiger partial charge in [0.1, 0.15) is 0 Å². The Morgan fingerprint density at radius 1 is 1.65 bits per heavy atom. The van der Waals surface area contributed by atoms with E-state index in [9.17, 15) is 4.79 Å². The summed E-state index contributed by atoms with van der Waals surface area (Å²) in [6, 6.07) is 2.35. The Hall–Kier alpha value is -1.01. The van der Waals surface area contributed by atoms with Crippen LogP contribution in [0.15, 0.2) is 10.6 Å². The van der Waals surface area contributed by atoms with Gasteiger partial charge in [0.2, 0.25) is 5.91 Å². The number of aromatic nitrogens is 1. The summed E-state index contributed by atoms with van der Waals surface area (Å²) in [7, 11) is 0. The van der Waals surface area contributed by atoms with Gasteiger partial charge in [0.05, 0.1) is 11.7 Å². The molecule has 5 nitrogen and oxygen atoms in total. The van der Waals surface area contributed by atoms with Crippen molar-refractivity contribution in [2.24, 2.45) is 0 Å². The van der Waals surface area contributed by atoms with Gasteiger partial charge in [0.25, 0.3) is 0 Å². The molecule has 0 radical (unpaired) electrons. The third-order valence-corrected chi connectivity index (χ3v) is 5.10. The Morgan fingerprint density at radius 3 is 3.25 bits per heavy atom. The summed E-state index contributed by atoms with van der Waals surface area (Å²) in [6.45, 7) is 3.76. The molecular formula is C14H21N3O2S. The molecule has 20 heavy (non-hydrogen) atoms. The molecule has 2 unspecified atom stereocenters. The number of likely N-dealkylation sites (tertiary alicyclic amines) is 1. The van der Waals surface area contributed by atoms with Crippen molar-refractivity contribution in [3.8, 4) is 0 Å². The van der Waals surface area contributed by atoms with Gasteiger partial charge >= 0.3 is 0 Å². The van der Waals surface area contributed by atoms with Crippen molar-refractivity contribution in [2.75, 3.05) is 24.6 Å². The molecule has 0 saturated carbocycles. The second-order valence-electron chi connectivity index (χ2n) is 5.55. The van der Waals surface area contributed by atoms with Crippen molar-refractivity contribution in [3.63, 3.8) is 0 Å². The molecule has 1 N–H and O–H groups in total. The van der Waals surface area contributed by atoms with Crippen molar-refractivity contribution in [1.29, 1.82) is 0 Å². The fourth-order valence-electron chi connectivity index (χ4n) is 2.98. The van der Waals surface area contributed by atoms with Crippen molar-refractivity contribution in [1.82, 2.24) is 15.4 Å². The molecule has 0 bridgehead atoms. The summed E-state index contributed by atoms with van der Waals surface area (Å²) >= 11 is 1.93. The van der Waals surface area contributed by atoms with Gasteiger partial charge in [-0.2, -0.15) is 11.8 Å². The lowest BCUT2D eigenvalue weighted by Gasteiger charge is -2.27. The van der Waals surface area contributed by atoms with E-state index in [1.54, 1.807) is 0 Å². The van der Waals surface area contributed by atoms with E-state index < -0.39 is 0 Å². The van der Waals surface area contributed by atoms with Crippen LogP contribution in [0.1, 0.15) is 36.8 Å². The largest absolute Gasteiger partial charge is 0.359 e. The Kier molecular flexibility index (Phi) is 4.31. The highest BCUT2D eigenvalue weighted by atomic mass is 32.2. The van der Waals surface area contributed by atoms with E-state index in [-0.39, 0.29) is 11.9 Å². The SMILES string of the molecule is Cc1cc(C2CCCN2C(=O)CC2CSCCN2)on1. The summed E-state index contributed by atoms with van der Waals surface area (Å²) in [4.78, 5) is 14.5. The lowest BCUT2D eigenvalue weighted by atomic mass is 10.1. The lowest BCUT2D eigenvalue weighted by Crippen LogP contribution is -2.42. The van der Waals surface area contributed by atoms with Gasteiger partial charge in [-0.05, 0) is 19.8 Å². The van der Waals surface area contributed by atoms with Gasteiger partial charge in [-0.25, -0.2) is 0 Å². The first-order chi connectivity index (χ1) is 9.74. The van der Waals surface area contributed by atoms with E-state index in [0.29, 0.717) is 12.5 Å². The number of aryl methyl sites for hydroxylation is 1. The second kappa shape index (κ2) is 6.18. The van der Waals surface area contributed by atoms with Gasteiger partial charge in [-0.1, -0.05) is 5.16 Å². The van der Waals surface area contributed by atoms with Crippen molar-refractivity contribution >= 4 is 17.7 Å². The van der Waals surface area contributed by atoms with Crippen LogP contribution in [0.25, 0.3) is 0 Å². The molecule has 0 aromatic carbocycles. The third kappa shape index (κ3) is 3.01. The fourth-order valence-corrected chi connectivity index (χ4v) is 3.93. The van der Waals surface area contributed by atoms with Crippen LogP contribution in [0.5, 0.6) is 0 Å². The molecule has 110 valence electrons. The number of nitrogens with one attached hydrogen (secondary N) is 1. The van der Waals surface area contributed by atoms with Gasteiger partial charge in [0, 0.05) is 43.1 Å². The van der Waals surface area contributed by atoms with E-state index in [4.69, 9.17) is 4.52 Å². The Labute approximate surface area is 123 Å². The smallest absolute Gasteiger partial charge is 0.224 e. The molecule has 6 heteroatoms. The van der Waals surface area contributed by atoms with E-state index in [0.717, 1.165) is 48.9 Å². The molecule has 2 saturated heterocycles. The molecule has 1 amide bonds. The maximum absolute atomic E-state index is 12.5. The third-order valence-electron chi connectivity index (χ3n) is 3.97. The van der Waals surface area contributed by atoms with Crippen LogP contribution in [-0.2, 0) is 4.79 Å². The van der Waals surface area contributed by atoms with E-state index in [1.165, 1.54) is 0 Å². The fraction of sp³-hybridized carbons (Fsp3) is 0.714. The van der Waals surface area contributed by atoms with Crippen LogP contribution in [0.4, 0.5) is 0 Å². The number of rotatable bonds is 3. The second-order valence-corrected chi connectivity index (χ2v) is 6.70. The van der Waals surface area contributed by atoms with Crippen molar-refractivity contribution in [3.05, 3.63) is 17.5 Å². The number of carbonyl (C=O) groups excluding carboxylic acids is 1. The van der Waals surface area contributed by atoms with E-state index >= 15 is 0 Å². The van der Waals surface area contributed by atoms with E-state index in [2.05, 4.69) is 10.5 Å². The minimum absolute atomic E-state index is 0.0833. The normalized spacial score (nSPS) is 26.9. The number of carbonyl (C=O) groups is 1. The maximum Gasteiger partial charge on any atom is 0.224 e. The van der Waals surface area contributed by atoms with Crippen molar-refractivity contribution < 1.29 is 9.32 Å². The maximum atomic E-state index is 12.5. The number of nitrogens with zero attached hydrogens (tertiary/aromatic N) is 2. The molecule has 2 atom stereocenters. The summed E-state index contributed by atoms with van der Waals surface area (Å²) in [5.74, 6) is 3.25. The molecule has 3 heterocycles. The average Bonchev–Trinajstić information content (AvgIpc) is 3.08. The van der Waals surface area contributed by atoms with Crippen LogP contribution < -0.4 is 5.32 Å². The zero-order chi connectivity index (χ0) is 13.9. The number of thioether (sulfide) groups is 1. The summed E-state index contributed by atoms with van der Waals surface area (Å²) in [5, 5.41) is 7.37. The predicted octanol–water partition coefficient (Wildman–Crippen LogP) is 1.74. The van der Waals surface area contributed by atoms with Crippen LogP contribution in [-0.4, -0.2) is 46.6 Å². The number of amides is 1. The average molecular weight is 295 g/mol. The number of hydrogen-bond donors (Lipinski definition) is 1. The Balaban J connectivity index is 1.63. The molecule has 1 aromatic rings. The van der Waals surface area contributed by atoms with Crippen LogP contribution in [0.2, 0.25) is 0 Å². The standard InChI is InChI=1S/C14H21N3O2S/c1-10-7-13(19-16-10)12-3-2-5-17(12)14(18)8-11-9-20-6-4-15-11/h7,11-12,15H,2-6,8-9H2,1H3. The van der Waals surface area contributed by atoms with Gasteiger partial charge in [-0.15, -0.1) is 0 Å². The summed E-state index contributed by atoms with van der Waals surface area (Å²) < 4.78 is 5.35. The molecular weight excluding hydrogens is 274 g/mol. The van der Waals surface area contributed by atoms with Gasteiger partial charge in [0.15, 0.2) is 5.76 Å². The molecule has 0 aliphatic carbocycles. The van der Waals surface area contributed by atoms with Gasteiger partial charge in [-0.3, -0.25) is 4.79 Å². The zero-order valence-electron chi connectivity index (χ0n) is 11.8. The van der Waals surface area contributed by atoms with Crippen LogP contribution in [0.3, 0.4) is 0 Å². The zero-order valence-corrected chi connectivity index (χ0v) is 12.6. The van der Waals surface area contributed by atoms with Crippen LogP contribution in [0, 0.1) is 6.92 Å². The highest BCUT2D eigenvalue weighted by Gasteiger charge is 2.33. The molecule has 2 aliphatic rings.